The molecule has 0 fully saturated rings. The second kappa shape index (κ2) is 14.0. The standard InChI is InChI=1S/C20H28BrNO11P2/c1-7-32-19(24)15(20(25)33-8-2)16(34(26,28-3)29-4)18(35(27,30-5)31-6)22-17(23)13-9-11-14(21)12-10-13/h9-12,15H,7-8H2,1-6H3,(H,22,23)/b18-16-. The molecule has 0 radical (unpaired) electrons. The third-order valence-electron chi connectivity index (χ3n) is 4.43. The fraction of sp³-hybridized carbons (Fsp3) is 0.450. The summed E-state index contributed by atoms with van der Waals surface area (Å²) in [5, 5.41) is 1.49. The number of carbonyl (C=O) groups is 3. The molecule has 0 unspecified atom stereocenters. The molecule has 1 aromatic rings. The van der Waals surface area contributed by atoms with Crippen molar-refractivity contribution in [2.75, 3.05) is 41.7 Å². The minimum atomic E-state index is -4.61. The Hall–Kier alpha value is -1.85. The summed E-state index contributed by atoms with van der Waals surface area (Å²) < 4.78 is 58.0. The Balaban J connectivity index is 4.08. The molecule has 0 aliphatic carbocycles. The fourth-order valence-corrected chi connectivity index (χ4v) is 6.32. The Labute approximate surface area is 211 Å². The highest BCUT2D eigenvalue weighted by Gasteiger charge is 2.50. The molecule has 0 heterocycles. The molecule has 0 aliphatic rings. The molecule has 1 aromatic carbocycles. The van der Waals surface area contributed by atoms with Gasteiger partial charge in [-0.25, -0.2) is 0 Å². The molecule has 12 nitrogen and oxygen atoms in total. The van der Waals surface area contributed by atoms with E-state index in [1.807, 2.05) is 0 Å². The molecule has 196 valence electrons. The highest BCUT2D eigenvalue weighted by atomic mass is 79.9. The summed E-state index contributed by atoms with van der Waals surface area (Å²) in [7, 11) is -5.23. The van der Waals surface area contributed by atoms with Gasteiger partial charge < -0.3 is 32.9 Å². The minimum Gasteiger partial charge on any atom is -0.465 e. The summed E-state index contributed by atoms with van der Waals surface area (Å²) in [6, 6.07) is 6.00. The molecule has 0 atom stereocenters. The molecular formula is C20H28BrNO11P2. The number of halogens is 1. The zero-order valence-electron chi connectivity index (χ0n) is 20.1. The minimum absolute atomic E-state index is 0.0808. The molecule has 0 aromatic heterocycles. The van der Waals surface area contributed by atoms with Gasteiger partial charge in [0.05, 0.1) is 18.5 Å². The number of esters is 2. The molecule has 0 saturated heterocycles. The Kier molecular flexibility index (Phi) is 12.5. The van der Waals surface area contributed by atoms with Crippen molar-refractivity contribution in [1.82, 2.24) is 5.32 Å². The highest BCUT2D eigenvalue weighted by molar-refractivity contribution is 9.10. The number of hydrogen-bond acceptors (Lipinski definition) is 11. The number of hydrogen-bond donors (Lipinski definition) is 1. The first-order valence-corrected chi connectivity index (χ1v) is 13.9. The Morgan fingerprint density at radius 2 is 1.26 bits per heavy atom. The van der Waals surface area contributed by atoms with Crippen molar-refractivity contribution in [2.24, 2.45) is 5.92 Å². The second-order valence-corrected chi connectivity index (χ2v) is 11.7. The van der Waals surface area contributed by atoms with Crippen molar-refractivity contribution >= 4 is 49.0 Å². The molecule has 1 amide bonds. The summed E-state index contributed by atoms with van der Waals surface area (Å²) >= 11 is 3.25. The first-order valence-electron chi connectivity index (χ1n) is 10.1. The van der Waals surface area contributed by atoms with Gasteiger partial charge in [-0.15, -0.1) is 0 Å². The average molecular weight is 600 g/mol. The lowest BCUT2D eigenvalue weighted by molar-refractivity contribution is -0.159. The van der Waals surface area contributed by atoms with Crippen LogP contribution in [0.1, 0.15) is 24.2 Å². The number of carbonyl (C=O) groups excluding carboxylic acids is 3. The van der Waals surface area contributed by atoms with Crippen molar-refractivity contribution in [3.63, 3.8) is 0 Å². The number of ether oxygens (including phenoxy) is 2. The smallest absolute Gasteiger partial charge is 0.377 e. The van der Waals surface area contributed by atoms with E-state index in [-0.39, 0.29) is 18.8 Å². The SMILES string of the molecule is CCOC(=O)C(C(=O)OCC)/C(=C(\NC(=O)c1ccc(Br)cc1)P(=O)(OC)OC)P(=O)(OC)OC. The lowest BCUT2D eigenvalue weighted by atomic mass is 10.1. The summed E-state index contributed by atoms with van der Waals surface area (Å²) in [5.41, 5.74) is -0.717. The van der Waals surface area contributed by atoms with Crippen LogP contribution in [-0.4, -0.2) is 59.5 Å². The van der Waals surface area contributed by atoms with Gasteiger partial charge in [0.2, 0.25) is 0 Å². The highest BCUT2D eigenvalue weighted by Crippen LogP contribution is 2.66. The summed E-state index contributed by atoms with van der Waals surface area (Å²) in [5.74, 6) is -5.40. The van der Waals surface area contributed by atoms with Crippen LogP contribution >= 0.6 is 31.1 Å². The van der Waals surface area contributed by atoms with E-state index in [9.17, 15) is 23.5 Å². The first kappa shape index (κ1) is 31.2. The van der Waals surface area contributed by atoms with Crippen molar-refractivity contribution in [3.8, 4) is 0 Å². The fourth-order valence-electron chi connectivity index (χ4n) is 2.78. The van der Waals surface area contributed by atoms with Crippen LogP contribution in [0.25, 0.3) is 0 Å². The van der Waals surface area contributed by atoms with E-state index in [4.69, 9.17) is 27.6 Å². The number of rotatable bonds is 13. The van der Waals surface area contributed by atoms with Crippen LogP contribution in [0.3, 0.4) is 0 Å². The maximum Gasteiger partial charge on any atom is 0.377 e. The van der Waals surface area contributed by atoms with E-state index in [2.05, 4.69) is 21.2 Å². The average Bonchev–Trinajstić information content (AvgIpc) is 2.85. The number of benzene rings is 1. The van der Waals surface area contributed by atoms with Gasteiger partial charge in [-0.05, 0) is 38.1 Å². The van der Waals surface area contributed by atoms with Crippen molar-refractivity contribution in [1.29, 1.82) is 0 Å². The van der Waals surface area contributed by atoms with Crippen LogP contribution < -0.4 is 5.32 Å². The monoisotopic (exact) mass is 599 g/mol. The van der Waals surface area contributed by atoms with Gasteiger partial charge in [-0.2, -0.15) is 0 Å². The van der Waals surface area contributed by atoms with Crippen LogP contribution in [0, 0.1) is 5.92 Å². The van der Waals surface area contributed by atoms with Gasteiger partial charge in [0.15, 0.2) is 5.92 Å². The predicted molar refractivity (Wildman–Crippen MR) is 129 cm³/mol. The Morgan fingerprint density at radius 3 is 1.63 bits per heavy atom. The Bertz CT molecular complexity index is 1010. The summed E-state index contributed by atoms with van der Waals surface area (Å²) in [6.07, 6.45) is 0. The summed E-state index contributed by atoms with van der Waals surface area (Å²) in [6.45, 7) is 2.61. The number of nitrogens with one attached hydrogen (secondary N) is 1. The first-order chi connectivity index (χ1) is 16.5. The van der Waals surface area contributed by atoms with E-state index in [0.717, 1.165) is 28.4 Å². The van der Waals surface area contributed by atoms with Gasteiger partial charge in [-0.1, -0.05) is 15.9 Å². The van der Waals surface area contributed by atoms with E-state index < -0.39 is 49.7 Å². The predicted octanol–water partition coefficient (Wildman–Crippen LogP) is 4.06. The molecule has 1 N–H and O–H groups in total. The van der Waals surface area contributed by atoms with Gasteiger partial charge in [-0.3, -0.25) is 23.5 Å². The second-order valence-electron chi connectivity index (χ2n) is 6.36. The van der Waals surface area contributed by atoms with Gasteiger partial charge in [0.25, 0.3) is 5.91 Å². The summed E-state index contributed by atoms with van der Waals surface area (Å²) in [4.78, 5) is 38.9. The van der Waals surface area contributed by atoms with E-state index >= 15 is 0 Å². The van der Waals surface area contributed by atoms with Crippen molar-refractivity contribution in [2.45, 2.75) is 13.8 Å². The zero-order valence-corrected chi connectivity index (χ0v) is 23.4. The van der Waals surface area contributed by atoms with Gasteiger partial charge >= 0.3 is 27.1 Å². The zero-order chi connectivity index (χ0) is 26.8. The lowest BCUT2D eigenvalue weighted by Gasteiger charge is -2.28. The van der Waals surface area contributed by atoms with E-state index in [1.165, 1.54) is 26.0 Å². The molecule has 15 heteroatoms. The molecule has 0 bridgehead atoms. The van der Waals surface area contributed by atoms with E-state index in [0.29, 0.717) is 4.47 Å². The van der Waals surface area contributed by atoms with E-state index in [1.54, 1.807) is 12.1 Å². The maximum atomic E-state index is 13.7. The largest absolute Gasteiger partial charge is 0.465 e. The lowest BCUT2D eigenvalue weighted by Crippen LogP contribution is -2.34. The number of amides is 1. The third-order valence-corrected chi connectivity index (χ3v) is 9.03. The van der Waals surface area contributed by atoms with Crippen LogP contribution in [0.15, 0.2) is 39.5 Å². The van der Waals surface area contributed by atoms with Crippen molar-refractivity contribution < 1.29 is 51.1 Å². The quantitative estimate of drug-likeness (QED) is 0.198. The van der Waals surface area contributed by atoms with Crippen LogP contribution in [0.2, 0.25) is 0 Å². The van der Waals surface area contributed by atoms with Gasteiger partial charge in [0, 0.05) is 38.5 Å². The van der Waals surface area contributed by atoms with Crippen LogP contribution in [-0.2, 0) is 46.3 Å². The van der Waals surface area contributed by atoms with Gasteiger partial charge in [0.1, 0.15) is 5.44 Å². The van der Waals surface area contributed by atoms with Crippen LogP contribution in [0.4, 0.5) is 0 Å². The van der Waals surface area contributed by atoms with Crippen LogP contribution in [0.5, 0.6) is 0 Å². The molecule has 35 heavy (non-hydrogen) atoms. The van der Waals surface area contributed by atoms with Crippen molar-refractivity contribution in [3.05, 3.63) is 45.1 Å². The molecule has 1 rings (SSSR count). The maximum absolute atomic E-state index is 13.7. The topological polar surface area (TPSA) is 153 Å². The Morgan fingerprint density at radius 1 is 0.829 bits per heavy atom. The third kappa shape index (κ3) is 7.57. The molecular weight excluding hydrogens is 572 g/mol. The molecule has 0 aliphatic heterocycles. The molecule has 0 saturated carbocycles. The normalized spacial score (nSPS) is 12.7. The molecule has 0 spiro atoms.